The molecule has 0 aliphatic carbocycles. The van der Waals surface area contributed by atoms with Crippen molar-refractivity contribution in [3.63, 3.8) is 0 Å². The van der Waals surface area contributed by atoms with Crippen LogP contribution >= 0.6 is 24.0 Å². The standard InChI is InChI=1S/C20H36N4O3.HI/c1-15(2)17(23-19(25)27-20(3,4)5)11-13-24(7)18(21-6)22-12-10-16-9-8-14-26-16;/h8-9,14-15,17H,10-13H2,1-7H3,(H,21,22)(H,23,25);1H. The van der Waals surface area contributed by atoms with Gasteiger partial charge in [0, 0.05) is 39.6 Å². The van der Waals surface area contributed by atoms with Crippen molar-refractivity contribution >= 4 is 36.0 Å². The number of guanidine groups is 1. The van der Waals surface area contributed by atoms with Crippen molar-refractivity contribution in [3.05, 3.63) is 24.2 Å². The largest absolute Gasteiger partial charge is 0.469 e. The van der Waals surface area contributed by atoms with Gasteiger partial charge in [0.1, 0.15) is 11.4 Å². The fourth-order valence-electron chi connectivity index (χ4n) is 2.61. The van der Waals surface area contributed by atoms with Crippen LogP contribution in [0.1, 0.15) is 46.8 Å². The predicted octanol–water partition coefficient (Wildman–Crippen LogP) is 3.89. The van der Waals surface area contributed by atoms with Crippen LogP contribution in [0.2, 0.25) is 0 Å². The SMILES string of the molecule is CN=C(NCCc1ccco1)N(C)CCC(NC(=O)OC(C)(C)C)C(C)C.I. The van der Waals surface area contributed by atoms with Crippen molar-refractivity contribution in [3.8, 4) is 0 Å². The first-order valence-corrected chi connectivity index (χ1v) is 9.56. The van der Waals surface area contributed by atoms with E-state index in [0.717, 1.165) is 37.7 Å². The molecule has 1 unspecified atom stereocenters. The van der Waals surface area contributed by atoms with E-state index in [1.54, 1.807) is 13.3 Å². The molecule has 1 rings (SSSR count). The highest BCUT2D eigenvalue weighted by molar-refractivity contribution is 14.0. The molecule has 2 N–H and O–H groups in total. The zero-order chi connectivity index (χ0) is 20.4. The Kier molecular flexibility index (Phi) is 12.2. The van der Waals surface area contributed by atoms with Crippen LogP contribution in [0.3, 0.4) is 0 Å². The van der Waals surface area contributed by atoms with Gasteiger partial charge in [0.25, 0.3) is 0 Å². The summed E-state index contributed by atoms with van der Waals surface area (Å²) in [6, 6.07) is 3.88. The van der Waals surface area contributed by atoms with E-state index in [1.165, 1.54) is 0 Å². The Balaban J connectivity index is 0.00000729. The number of ether oxygens (including phenoxy) is 1. The maximum atomic E-state index is 12.1. The topological polar surface area (TPSA) is 79.1 Å². The van der Waals surface area contributed by atoms with E-state index in [4.69, 9.17) is 9.15 Å². The number of carbonyl (C=O) groups is 1. The van der Waals surface area contributed by atoms with Gasteiger partial charge in [0.15, 0.2) is 5.96 Å². The summed E-state index contributed by atoms with van der Waals surface area (Å²) in [5.74, 6) is 2.07. The van der Waals surface area contributed by atoms with Gasteiger partial charge in [-0.15, -0.1) is 24.0 Å². The number of halogens is 1. The van der Waals surface area contributed by atoms with E-state index in [0.29, 0.717) is 5.92 Å². The Labute approximate surface area is 186 Å². The minimum atomic E-state index is -0.498. The molecule has 0 spiro atoms. The Hall–Kier alpha value is -1.45. The van der Waals surface area contributed by atoms with Crippen LogP contribution in [-0.4, -0.2) is 55.8 Å². The predicted molar refractivity (Wildman–Crippen MR) is 124 cm³/mol. The monoisotopic (exact) mass is 508 g/mol. The maximum absolute atomic E-state index is 12.1. The van der Waals surface area contributed by atoms with Crippen LogP contribution in [0.15, 0.2) is 27.8 Å². The average molecular weight is 508 g/mol. The molecule has 0 aromatic carbocycles. The molecule has 7 nitrogen and oxygen atoms in total. The van der Waals surface area contributed by atoms with Crippen molar-refractivity contribution in [2.45, 2.75) is 59.1 Å². The molecule has 0 aliphatic rings. The van der Waals surface area contributed by atoms with Gasteiger partial charge < -0.3 is 24.7 Å². The van der Waals surface area contributed by atoms with E-state index < -0.39 is 5.60 Å². The molecule has 1 amide bonds. The molecule has 0 saturated carbocycles. The molecule has 0 radical (unpaired) electrons. The number of alkyl carbamates (subject to hydrolysis) is 1. The van der Waals surface area contributed by atoms with Crippen LogP contribution in [0.25, 0.3) is 0 Å². The lowest BCUT2D eigenvalue weighted by atomic mass is 10.0. The van der Waals surface area contributed by atoms with E-state index in [1.807, 2.05) is 40.0 Å². The maximum Gasteiger partial charge on any atom is 0.407 e. The number of nitrogens with one attached hydrogen (secondary N) is 2. The van der Waals surface area contributed by atoms with Gasteiger partial charge in [0.05, 0.1) is 6.26 Å². The lowest BCUT2D eigenvalue weighted by molar-refractivity contribution is 0.0486. The van der Waals surface area contributed by atoms with Gasteiger partial charge in [-0.2, -0.15) is 0 Å². The molecule has 162 valence electrons. The van der Waals surface area contributed by atoms with Gasteiger partial charge in [0.2, 0.25) is 0 Å². The molecule has 0 fully saturated rings. The molecular formula is C20H37IN4O3. The van der Waals surface area contributed by atoms with Gasteiger partial charge in [-0.25, -0.2) is 4.79 Å². The second kappa shape index (κ2) is 12.9. The third-order valence-electron chi connectivity index (χ3n) is 4.09. The van der Waals surface area contributed by atoms with Crippen molar-refractivity contribution in [1.29, 1.82) is 0 Å². The molecule has 0 bridgehead atoms. The molecule has 1 atom stereocenters. The van der Waals surface area contributed by atoms with E-state index in [9.17, 15) is 4.79 Å². The quantitative estimate of drug-likeness (QED) is 0.317. The van der Waals surface area contributed by atoms with Gasteiger partial charge in [-0.05, 0) is 45.2 Å². The molecule has 28 heavy (non-hydrogen) atoms. The highest BCUT2D eigenvalue weighted by Gasteiger charge is 2.22. The van der Waals surface area contributed by atoms with Gasteiger partial charge in [-0.3, -0.25) is 4.99 Å². The molecule has 0 saturated heterocycles. The van der Waals surface area contributed by atoms with Crippen LogP contribution in [0, 0.1) is 5.92 Å². The number of amides is 1. The van der Waals surface area contributed by atoms with Crippen molar-refractivity contribution in [2.75, 3.05) is 27.2 Å². The summed E-state index contributed by atoms with van der Waals surface area (Å²) in [7, 11) is 3.76. The Morgan fingerprint density at radius 1 is 1.36 bits per heavy atom. The highest BCUT2D eigenvalue weighted by atomic mass is 127. The number of furan rings is 1. The van der Waals surface area contributed by atoms with Crippen LogP contribution in [0.4, 0.5) is 4.79 Å². The summed E-state index contributed by atoms with van der Waals surface area (Å²) in [5, 5.41) is 6.32. The van der Waals surface area contributed by atoms with E-state index in [-0.39, 0.29) is 36.1 Å². The Morgan fingerprint density at radius 2 is 2.04 bits per heavy atom. The fourth-order valence-corrected chi connectivity index (χ4v) is 2.61. The smallest absolute Gasteiger partial charge is 0.407 e. The minimum absolute atomic E-state index is 0. The average Bonchev–Trinajstić information content (AvgIpc) is 3.06. The minimum Gasteiger partial charge on any atom is -0.469 e. The van der Waals surface area contributed by atoms with Crippen molar-refractivity contribution in [1.82, 2.24) is 15.5 Å². The van der Waals surface area contributed by atoms with Gasteiger partial charge >= 0.3 is 6.09 Å². The molecule has 1 aromatic heterocycles. The zero-order valence-corrected chi connectivity index (χ0v) is 20.6. The molecule has 8 heteroatoms. The van der Waals surface area contributed by atoms with Crippen molar-refractivity contribution < 1.29 is 13.9 Å². The van der Waals surface area contributed by atoms with Crippen LogP contribution < -0.4 is 10.6 Å². The molecular weight excluding hydrogens is 471 g/mol. The normalized spacial score (nSPS) is 12.9. The number of hydrogen-bond acceptors (Lipinski definition) is 4. The van der Waals surface area contributed by atoms with Gasteiger partial charge in [-0.1, -0.05) is 13.8 Å². The fraction of sp³-hybridized carbons (Fsp3) is 0.700. The van der Waals surface area contributed by atoms with E-state index in [2.05, 4.69) is 34.4 Å². The Bertz CT molecular complexity index is 583. The number of rotatable bonds is 8. The number of carbonyl (C=O) groups excluding carboxylic acids is 1. The van der Waals surface area contributed by atoms with Crippen molar-refractivity contribution in [2.24, 2.45) is 10.9 Å². The first kappa shape index (κ1) is 26.6. The molecule has 1 aromatic rings. The summed E-state index contributed by atoms with van der Waals surface area (Å²) in [6.07, 6.45) is 2.91. The highest BCUT2D eigenvalue weighted by Crippen LogP contribution is 2.11. The van der Waals surface area contributed by atoms with Crippen LogP contribution in [0.5, 0.6) is 0 Å². The number of hydrogen-bond donors (Lipinski definition) is 2. The lowest BCUT2D eigenvalue weighted by Gasteiger charge is -2.28. The first-order chi connectivity index (χ1) is 12.6. The number of aliphatic imine (C=N–C) groups is 1. The third-order valence-corrected chi connectivity index (χ3v) is 4.09. The third kappa shape index (κ3) is 10.8. The summed E-state index contributed by atoms with van der Waals surface area (Å²) in [5.41, 5.74) is -0.498. The first-order valence-electron chi connectivity index (χ1n) is 9.56. The molecule has 0 aliphatic heterocycles. The summed E-state index contributed by atoms with van der Waals surface area (Å²) >= 11 is 0. The second-order valence-corrected chi connectivity index (χ2v) is 8.01. The number of nitrogens with zero attached hydrogens (tertiary/aromatic N) is 2. The zero-order valence-electron chi connectivity index (χ0n) is 18.2. The second-order valence-electron chi connectivity index (χ2n) is 8.01. The van der Waals surface area contributed by atoms with E-state index >= 15 is 0 Å². The summed E-state index contributed by atoms with van der Waals surface area (Å²) in [6.45, 7) is 11.3. The summed E-state index contributed by atoms with van der Waals surface area (Å²) < 4.78 is 10.7. The Morgan fingerprint density at radius 3 is 2.54 bits per heavy atom. The molecule has 1 heterocycles. The lowest BCUT2D eigenvalue weighted by Crippen LogP contribution is -2.45. The summed E-state index contributed by atoms with van der Waals surface area (Å²) in [4.78, 5) is 18.5. The van der Waals surface area contributed by atoms with Crippen LogP contribution in [-0.2, 0) is 11.2 Å².